The van der Waals surface area contributed by atoms with Gasteiger partial charge in [0.2, 0.25) is 0 Å². The lowest BCUT2D eigenvalue weighted by Gasteiger charge is -2.28. The third-order valence-corrected chi connectivity index (χ3v) is 10.6. The van der Waals surface area contributed by atoms with Crippen LogP contribution in [0.1, 0.15) is 88.4 Å². The molecule has 0 fully saturated rings. The Balaban J connectivity index is 1.93. The van der Waals surface area contributed by atoms with Gasteiger partial charge in [-0.05, 0) is 69.7 Å². The number of hydrogen-bond acceptors (Lipinski definition) is 5. The van der Waals surface area contributed by atoms with Gasteiger partial charge in [-0.15, -0.1) is 38.5 Å². The molecular formula is C45H37NO5Si. The summed E-state index contributed by atoms with van der Waals surface area (Å²) in [6, 6.07) is 12.6. The standard InChI is InChI=1S/C45H37NO5Si/c1-10-35-29-39(14-5)42(31-37(35)12-3)23-21-34-20-22-41(24-25-43-32-38(13-4)36(11-2)30-40(43)15-6)44(28-34)33-48-45(47)46-26-19-27-52(49-16-7,50-17-8)51-18-9/h1-6,20,22,28-32H,16-19,26-27,33H2,7-9H3,(H,46,47). The number of nitrogens with one attached hydrogen (secondary N) is 1. The van der Waals surface area contributed by atoms with Gasteiger partial charge in [-0.1, -0.05) is 59.2 Å². The lowest BCUT2D eigenvalue weighted by atomic mass is 9.98. The highest BCUT2D eigenvalue weighted by atomic mass is 28.4. The molecule has 0 radical (unpaired) electrons. The number of ether oxygens (including phenoxy) is 1. The highest BCUT2D eigenvalue weighted by Gasteiger charge is 2.39. The van der Waals surface area contributed by atoms with Gasteiger partial charge in [0, 0.05) is 93.6 Å². The van der Waals surface area contributed by atoms with Crippen LogP contribution in [0.25, 0.3) is 0 Å². The van der Waals surface area contributed by atoms with E-state index in [4.69, 9.17) is 56.6 Å². The highest BCUT2D eigenvalue weighted by molar-refractivity contribution is 6.60. The van der Waals surface area contributed by atoms with Crippen molar-refractivity contribution >= 4 is 14.9 Å². The Kier molecular flexibility index (Phi) is 15.6. The molecule has 7 heteroatoms. The van der Waals surface area contributed by atoms with Crippen LogP contribution in [0.5, 0.6) is 0 Å². The summed E-state index contributed by atoms with van der Waals surface area (Å²) in [6.07, 6.45) is 34.0. The number of amides is 1. The topological polar surface area (TPSA) is 66.0 Å². The van der Waals surface area contributed by atoms with Gasteiger partial charge in [0.15, 0.2) is 0 Å². The van der Waals surface area contributed by atoms with E-state index in [1.807, 2.05) is 20.8 Å². The first-order chi connectivity index (χ1) is 25.2. The van der Waals surface area contributed by atoms with Gasteiger partial charge in [0.05, 0.1) is 0 Å². The average Bonchev–Trinajstić information content (AvgIpc) is 3.16. The van der Waals surface area contributed by atoms with Crippen molar-refractivity contribution < 1.29 is 22.8 Å². The highest BCUT2D eigenvalue weighted by Crippen LogP contribution is 2.20. The van der Waals surface area contributed by atoms with E-state index in [1.54, 1.807) is 42.5 Å². The van der Waals surface area contributed by atoms with E-state index >= 15 is 0 Å². The van der Waals surface area contributed by atoms with Crippen molar-refractivity contribution in [3.63, 3.8) is 0 Å². The minimum atomic E-state index is -2.84. The molecule has 3 rings (SSSR count). The molecular weight excluding hydrogens is 663 g/mol. The first-order valence-corrected chi connectivity index (χ1v) is 18.3. The summed E-state index contributed by atoms with van der Waals surface area (Å²) in [7, 11) is -2.84. The third kappa shape index (κ3) is 10.8. The monoisotopic (exact) mass is 699 g/mol. The smallest absolute Gasteiger partial charge is 0.445 e. The van der Waals surface area contributed by atoms with Gasteiger partial charge in [-0.25, -0.2) is 4.79 Å². The zero-order valence-corrected chi connectivity index (χ0v) is 30.5. The number of benzene rings is 3. The minimum Gasteiger partial charge on any atom is -0.445 e. The molecule has 6 nitrogen and oxygen atoms in total. The number of alkyl carbamates (subject to hydrolysis) is 1. The Morgan fingerprint density at radius 1 is 0.596 bits per heavy atom. The molecule has 0 bridgehead atoms. The maximum absolute atomic E-state index is 12.8. The summed E-state index contributed by atoms with van der Waals surface area (Å²) < 4.78 is 23.3. The van der Waals surface area contributed by atoms with E-state index in [1.165, 1.54) is 0 Å². The molecule has 3 aromatic carbocycles. The molecule has 0 aromatic heterocycles. The van der Waals surface area contributed by atoms with Crippen molar-refractivity contribution in [2.45, 2.75) is 39.8 Å². The van der Waals surface area contributed by atoms with Crippen LogP contribution in [0.15, 0.2) is 42.5 Å². The zero-order valence-electron chi connectivity index (χ0n) is 29.5. The Hall–Kier alpha value is -6.49. The summed E-state index contributed by atoms with van der Waals surface area (Å²) in [4.78, 5) is 12.8. The summed E-state index contributed by atoms with van der Waals surface area (Å²) in [5.41, 5.74) is 5.86. The Morgan fingerprint density at radius 2 is 1.02 bits per heavy atom. The molecule has 0 saturated heterocycles. The average molecular weight is 700 g/mol. The van der Waals surface area contributed by atoms with Crippen LogP contribution in [0, 0.1) is 97.7 Å². The molecule has 1 N–H and O–H groups in total. The van der Waals surface area contributed by atoms with E-state index in [-0.39, 0.29) is 6.61 Å². The van der Waals surface area contributed by atoms with Gasteiger partial charge in [-0.3, -0.25) is 0 Å². The maximum atomic E-state index is 12.8. The van der Waals surface area contributed by atoms with Crippen molar-refractivity contribution in [1.82, 2.24) is 5.32 Å². The molecule has 0 heterocycles. The fraction of sp³-hybridized carbons (Fsp3) is 0.222. The molecule has 52 heavy (non-hydrogen) atoms. The molecule has 0 spiro atoms. The zero-order chi connectivity index (χ0) is 37.9. The van der Waals surface area contributed by atoms with E-state index < -0.39 is 14.9 Å². The maximum Gasteiger partial charge on any atom is 0.500 e. The molecule has 0 aliphatic rings. The van der Waals surface area contributed by atoms with Crippen LogP contribution < -0.4 is 5.32 Å². The minimum absolute atomic E-state index is 0.109. The van der Waals surface area contributed by atoms with Crippen LogP contribution in [0.2, 0.25) is 6.04 Å². The molecule has 0 aliphatic heterocycles. The second-order valence-electron chi connectivity index (χ2n) is 10.7. The first kappa shape index (κ1) is 39.9. The van der Waals surface area contributed by atoms with Crippen molar-refractivity contribution in [1.29, 1.82) is 0 Å². The lowest BCUT2D eigenvalue weighted by molar-refractivity contribution is 0.0706. The van der Waals surface area contributed by atoms with E-state index in [9.17, 15) is 4.79 Å². The molecule has 0 unspecified atom stereocenters. The third-order valence-electron chi connectivity index (χ3n) is 7.41. The molecule has 256 valence electrons. The fourth-order valence-electron chi connectivity index (χ4n) is 5.00. The second kappa shape index (κ2) is 20.2. The van der Waals surface area contributed by atoms with Gasteiger partial charge in [0.1, 0.15) is 6.61 Å². The van der Waals surface area contributed by atoms with Crippen LogP contribution in [-0.2, 0) is 24.6 Å². The predicted octanol–water partition coefficient (Wildman–Crippen LogP) is 6.04. The molecule has 0 saturated carbocycles. The normalized spacial score (nSPS) is 9.87. The molecule has 3 aromatic rings. The number of rotatable bonds is 12. The SMILES string of the molecule is C#Cc1cc(C#C)c(C#Cc2ccc(C#Cc3cc(C#C)c(C#C)cc3C#C)c(COC(=O)NCCC[Si](OCC)(OCC)OCC)c2)cc1C#C. The molecule has 0 atom stereocenters. The van der Waals surface area contributed by atoms with Gasteiger partial charge >= 0.3 is 14.9 Å². The molecule has 1 amide bonds. The van der Waals surface area contributed by atoms with E-state index in [2.05, 4.69) is 64.5 Å². The van der Waals surface area contributed by atoms with Gasteiger partial charge in [-0.2, -0.15) is 0 Å². The number of hydrogen-bond donors (Lipinski definition) is 1. The van der Waals surface area contributed by atoms with E-state index in [0.717, 1.165) is 0 Å². The summed E-state index contributed by atoms with van der Waals surface area (Å²) in [5, 5.41) is 2.79. The molecule has 0 aliphatic carbocycles. The summed E-state index contributed by atoms with van der Waals surface area (Å²) >= 11 is 0. The largest absolute Gasteiger partial charge is 0.500 e. The fourth-order valence-corrected chi connectivity index (χ4v) is 7.61. The Morgan fingerprint density at radius 3 is 1.48 bits per heavy atom. The summed E-state index contributed by atoms with van der Waals surface area (Å²) in [5.74, 6) is 27.9. The van der Waals surface area contributed by atoms with Gasteiger partial charge < -0.3 is 23.3 Å². The number of carbonyl (C=O) groups is 1. The van der Waals surface area contributed by atoms with Crippen molar-refractivity contribution in [2.24, 2.45) is 0 Å². The Bertz CT molecular complexity index is 2180. The predicted molar refractivity (Wildman–Crippen MR) is 207 cm³/mol. The first-order valence-electron chi connectivity index (χ1n) is 16.4. The Labute approximate surface area is 309 Å². The van der Waals surface area contributed by atoms with Crippen LogP contribution in [0.3, 0.4) is 0 Å². The van der Waals surface area contributed by atoms with E-state index in [0.29, 0.717) is 100 Å². The lowest BCUT2D eigenvalue weighted by Crippen LogP contribution is -2.46. The second-order valence-corrected chi connectivity index (χ2v) is 13.4. The van der Waals surface area contributed by atoms with Crippen LogP contribution >= 0.6 is 0 Å². The quantitative estimate of drug-likeness (QED) is 0.142. The van der Waals surface area contributed by atoms with Crippen molar-refractivity contribution in [3.05, 3.63) is 104 Å². The van der Waals surface area contributed by atoms with Crippen LogP contribution in [-0.4, -0.2) is 41.3 Å². The number of terminal acetylenes is 6. The van der Waals surface area contributed by atoms with Crippen molar-refractivity contribution in [2.75, 3.05) is 26.4 Å². The van der Waals surface area contributed by atoms with Gasteiger partial charge in [0.25, 0.3) is 0 Å². The van der Waals surface area contributed by atoms with Crippen molar-refractivity contribution in [3.8, 4) is 97.7 Å². The summed E-state index contributed by atoms with van der Waals surface area (Å²) in [6.45, 7) is 7.31. The number of carbonyl (C=O) groups excluding carboxylic acids is 1. The van der Waals surface area contributed by atoms with Crippen LogP contribution in [0.4, 0.5) is 4.79 Å².